The van der Waals surface area contributed by atoms with Gasteiger partial charge in [0.15, 0.2) is 0 Å². The van der Waals surface area contributed by atoms with Gasteiger partial charge in [-0.2, -0.15) is 0 Å². The molecule has 1 unspecified atom stereocenters. The molecule has 1 aromatic carbocycles. The fraction of sp³-hybridized carbons (Fsp3) is 0.562. The first-order valence-corrected chi connectivity index (χ1v) is 7.18. The molecule has 0 radical (unpaired) electrons. The standard InChI is InChI=1S/C16H26N2O3/c1-6-21-15(19)16(2,17-3)11-12-18(4)13-9-7-8-10-14(13)20-5/h7-10,17H,6,11-12H2,1-5H3. The molecule has 0 bridgehead atoms. The van der Waals surface area contributed by atoms with Gasteiger partial charge in [-0.25, -0.2) is 0 Å². The first-order valence-electron chi connectivity index (χ1n) is 7.18. The summed E-state index contributed by atoms with van der Waals surface area (Å²) in [4.78, 5) is 14.1. The fourth-order valence-corrected chi connectivity index (χ4v) is 2.08. The van der Waals surface area contributed by atoms with E-state index in [1.807, 2.05) is 45.2 Å². The lowest BCUT2D eigenvalue weighted by molar-refractivity contribution is -0.150. The highest BCUT2D eigenvalue weighted by Crippen LogP contribution is 2.27. The van der Waals surface area contributed by atoms with E-state index in [0.29, 0.717) is 19.6 Å². The van der Waals surface area contributed by atoms with Crippen molar-refractivity contribution in [3.63, 3.8) is 0 Å². The van der Waals surface area contributed by atoms with Crippen LogP contribution in [-0.2, 0) is 9.53 Å². The van der Waals surface area contributed by atoms with Gasteiger partial charge in [-0.05, 0) is 39.4 Å². The summed E-state index contributed by atoms with van der Waals surface area (Å²) in [6, 6.07) is 7.83. The zero-order valence-electron chi connectivity index (χ0n) is 13.6. The second kappa shape index (κ2) is 7.88. The van der Waals surface area contributed by atoms with Crippen molar-refractivity contribution in [2.24, 2.45) is 0 Å². The molecule has 0 aliphatic heterocycles. The minimum Gasteiger partial charge on any atom is -0.495 e. The molecule has 0 fully saturated rings. The molecule has 0 aliphatic carbocycles. The zero-order valence-corrected chi connectivity index (χ0v) is 13.6. The lowest BCUT2D eigenvalue weighted by atomic mass is 9.98. The van der Waals surface area contributed by atoms with Gasteiger partial charge in [0.1, 0.15) is 11.3 Å². The average molecular weight is 294 g/mol. The van der Waals surface area contributed by atoms with Crippen molar-refractivity contribution in [2.45, 2.75) is 25.8 Å². The van der Waals surface area contributed by atoms with Gasteiger partial charge < -0.3 is 19.7 Å². The molecule has 0 spiro atoms. The molecule has 0 saturated heterocycles. The van der Waals surface area contributed by atoms with Crippen molar-refractivity contribution in [3.8, 4) is 5.75 Å². The minimum absolute atomic E-state index is 0.221. The Bertz CT molecular complexity index is 465. The van der Waals surface area contributed by atoms with Gasteiger partial charge >= 0.3 is 5.97 Å². The summed E-state index contributed by atoms with van der Waals surface area (Å²) >= 11 is 0. The third-order valence-electron chi connectivity index (χ3n) is 3.72. The number of anilines is 1. The molecule has 0 aliphatic rings. The number of likely N-dealkylation sites (N-methyl/N-ethyl adjacent to an activating group) is 1. The van der Waals surface area contributed by atoms with Gasteiger partial charge in [-0.3, -0.25) is 4.79 Å². The number of para-hydroxylation sites is 2. The number of rotatable bonds is 8. The van der Waals surface area contributed by atoms with Gasteiger partial charge in [0.05, 0.1) is 19.4 Å². The van der Waals surface area contributed by atoms with E-state index < -0.39 is 5.54 Å². The summed E-state index contributed by atoms with van der Waals surface area (Å²) in [6.07, 6.45) is 0.636. The van der Waals surface area contributed by atoms with Crippen LogP contribution < -0.4 is 15.0 Å². The molecule has 1 aromatic rings. The molecule has 1 atom stereocenters. The highest BCUT2D eigenvalue weighted by Gasteiger charge is 2.33. The molecule has 0 saturated carbocycles. The minimum atomic E-state index is -0.688. The number of nitrogens with zero attached hydrogens (tertiary/aromatic N) is 1. The quantitative estimate of drug-likeness (QED) is 0.744. The van der Waals surface area contributed by atoms with Crippen LogP contribution in [0.1, 0.15) is 20.3 Å². The number of carbonyl (C=O) groups excluding carboxylic acids is 1. The predicted molar refractivity (Wildman–Crippen MR) is 85.0 cm³/mol. The van der Waals surface area contributed by atoms with Crippen molar-refractivity contribution < 1.29 is 14.3 Å². The number of nitrogens with one attached hydrogen (secondary N) is 1. The van der Waals surface area contributed by atoms with E-state index in [-0.39, 0.29) is 5.97 Å². The summed E-state index contributed by atoms with van der Waals surface area (Å²) in [7, 11) is 5.42. The van der Waals surface area contributed by atoms with Crippen LogP contribution in [0.25, 0.3) is 0 Å². The number of carbonyl (C=O) groups is 1. The van der Waals surface area contributed by atoms with Crippen molar-refractivity contribution in [1.29, 1.82) is 0 Å². The van der Waals surface area contributed by atoms with Crippen LogP contribution in [0.15, 0.2) is 24.3 Å². The number of ether oxygens (including phenoxy) is 2. The maximum atomic E-state index is 12.0. The molecule has 0 heterocycles. The van der Waals surface area contributed by atoms with Crippen LogP contribution in [-0.4, -0.2) is 45.9 Å². The SMILES string of the molecule is CCOC(=O)C(C)(CCN(C)c1ccccc1OC)NC. The Labute approximate surface area is 127 Å². The van der Waals surface area contributed by atoms with Gasteiger partial charge in [0.2, 0.25) is 0 Å². The zero-order chi connectivity index (χ0) is 15.9. The summed E-state index contributed by atoms with van der Waals surface area (Å²) < 4.78 is 10.5. The van der Waals surface area contributed by atoms with Crippen LogP contribution in [0.2, 0.25) is 0 Å². The lowest BCUT2D eigenvalue weighted by Crippen LogP contribution is -2.50. The monoisotopic (exact) mass is 294 g/mol. The summed E-state index contributed by atoms with van der Waals surface area (Å²) in [5, 5.41) is 3.07. The van der Waals surface area contributed by atoms with Crippen molar-refractivity contribution >= 4 is 11.7 Å². The normalized spacial score (nSPS) is 13.4. The second-order valence-electron chi connectivity index (χ2n) is 5.15. The Hall–Kier alpha value is -1.75. The Kier molecular flexibility index (Phi) is 6.49. The molecular weight excluding hydrogens is 268 g/mol. The Morgan fingerprint density at radius 2 is 2.05 bits per heavy atom. The maximum absolute atomic E-state index is 12.0. The largest absolute Gasteiger partial charge is 0.495 e. The first kappa shape index (κ1) is 17.3. The van der Waals surface area contributed by atoms with E-state index in [2.05, 4.69) is 10.2 Å². The van der Waals surface area contributed by atoms with Gasteiger partial charge in [-0.15, -0.1) is 0 Å². The molecule has 1 N–H and O–H groups in total. The van der Waals surface area contributed by atoms with Crippen LogP contribution in [0.3, 0.4) is 0 Å². The van der Waals surface area contributed by atoms with Crippen molar-refractivity contribution in [1.82, 2.24) is 5.32 Å². The van der Waals surface area contributed by atoms with E-state index in [1.54, 1.807) is 14.2 Å². The number of benzene rings is 1. The molecule has 5 nitrogen and oxygen atoms in total. The molecule has 5 heteroatoms. The number of esters is 1. The molecule has 1 rings (SSSR count). The summed E-state index contributed by atoms with van der Waals surface area (Å²) in [5.74, 6) is 0.600. The maximum Gasteiger partial charge on any atom is 0.326 e. The summed E-state index contributed by atoms with van der Waals surface area (Å²) in [5.41, 5.74) is 0.314. The average Bonchev–Trinajstić information content (AvgIpc) is 2.52. The number of hydrogen-bond acceptors (Lipinski definition) is 5. The smallest absolute Gasteiger partial charge is 0.326 e. The predicted octanol–water partition coefficient (Wildman–Crippen LogP) is 2.06. The van der Waals surface area contributed by atoms with E-state index in [9.17, 15) is 4.79 Å². The fourth-order valence-electron chi connectivity index (χ4n) is 2.08. The third kappa shape index (κ3) is 4.36. The first-order chi connectivity index (χ1) is 9.98. The highest BCUT2D eigenvalue weighted by molar-refractivity contribution is 5.80. The van der Waals surface area contributed by atoms with Crippen LogP contribution in [0.4, 0.5) is 5.69 Å². The Morgan fingerprint density at radius 1 is 1.38 bits per heavy atom. The Balaban J connectivity index is 2.74. The molecule has 0 aromatic heterocycles. The number of hydrogen-bond donors (Lipinski definition) is 1. The highest BCUT2D eigenvalue weighted by atomic mass is 16.5. The van der Waals surface area contributed by atoms with Crippen molar-refractivity contribution in [2.75, 3.05) is 39.3 Å². The van der Waals surface area contributed by atoms with Gasteiger partial charge in [-0.1, -0.05) is 12.1 Å². The Morgan fingerprint density at radius 3 is 2.62 bits per heavy atom. The van der Waals surface area contributed by atoms with E-state index in [1.165, 1.54) is 0 Å². The molecule has 21 heavy (non-hydrogen) atoms. The van der Waals surface area contributed by atoms with E-state index in [0.717, 1.165) is 11.4 Å². The second-order valence-corrected chi connectivity index (χ2v) is 5.15. The van der Waals surface area contributed by atoms with Gasteiger partial charge in [0.25, 0.3) is 0 Å². The van der Waals surface area contributed by atoms with Gasteiger partial charge in [0, 0.05) is 13.6 Å². The van der Waals surface area contributed by atoms with E-state index >= 15 is 0 Å². The molecular formula is C16H26N2O3. The van der Waals surface area contributed by atoms with E-state index in [4.69, 9.17) is 9.47 Å². The van der Waals surface area contributed by atoms with Crippen molar-refractivity contribution in [3.05, 3.63) is 24.3 Å². The molecule has 118 valence electrons. The summed E-state index contributed by atoms with van der Waals surface area (Å²) in [6.45, 7) is 4.77. The third-order valence-corrected chi connectivity index (χ3v) is 3.72. The van der Waals surface area contributed by atoms with Crippen LogP contribution >= 0.6 is 0 Å². The topological polar surface area (TPSA) is 50.8 Å². The number of methoxy groups -OCH3 is 1. The lowest BCUT2D eigenvalue weighted by Gasteiger charge is -2.30. The van der Waals surface area contributed by atoms with Crippen LogP contribution in [0.5, 0.6) is 5.75 Å². The van der Waals surface area contributed by atoms with Crippen LogP contribution in [0, 0.1) is 0 Å². The molecule has 0 amide bonds.